The van der Waals surface area contributed by atoms with Gasteiger partial charge in [0.2, 0.25) is 5.91 Å². The van der Waals surface area contributed by atoms with Crippen molar-refractivity contribution in [2.45, 2.75) is 6.42 Å². The van der Waals surface area contributed by atoms with Gasteiger partial charge in [0.1, 0.15) is 19.8 Å². The number of nitrogens with zero attached hydrogens (tertiary/aromatic N) is 1. The van der Waals surface area contributed by atoms with E-state index < -0.39 is 36.8 Å². The van der Waals surface area contributed by atoms with Crippen LogP contribution in [0.5, 0.6) is 11.5 Å². The molecule has 3 amide bonds. The number of esters is 1. The molecule has 0 bridgehead atoms. The molecule has 1 N–H and O–H groups in total. The van der Waals surface area contributed by atoms with Crippen LogP contribution in [0.3, 0.4) is 0 Å². The number of ether oxygens (including phenoxy) is 3. The molecule has 2 aliphatic rings. The molecule has 2 aromatic rings. The smallest absolute Gasteiger partial charge is 0.326 e. The molecule has 0 saturated carbocycles. The number of nitrogens with one attached hydrogen (secondary N) is 1. The van der Waals surface area contributed by atoms with Crippen LogP contribution in [-0.4, -0.2) is 55.0 Å². The summed E-state index contributed by atoms with van der Waals surface area (Å²) in [6.45, 7) is -0.230. The lowest BCUT2D eigenvalue weighted by Crippen LogP contribution is -2.45. The number of hydrogen-bond acceptors (Lipinski definition) is 7. The van der Waals surface area contributed by atoms with E-state index in [1.165, 1.54) is 0 Å². The number of rotatable bonds is 5. The molecule has 0 aliphatic carbocycles. The van der Waals surface area contributed by atoms with Crippen LogP contribution in [-0.2, 0) is 25.5 Å². The molecule has 9 heteroatoms. The van der Waals surface area contributed by atoms with Crippen LogP contribution in [0.1, 0.15) is 15.9 Å². The Hall–Kier alpha value is -3.88. The number of benzene rings is 2. The average molecular weight is 410 g/mol. The van der Waals surface area contributed by atoms with E-state index in [2.05, 4.69) is 5.32 Å². The van der Waals surface area contributed by atoms with Gasteiger partial charge in [-0.3, -0.25) is 24.1 Å². The number of amides is 3. The van der Waals surface area contributed by atoms with E-state index in [4.69, 9.17) is 14.2 Å². The first-order chi connectivity index (χ1) is 14.5. The quantitative estimate of drug-likeness (QED) is 0.582. The predicted octanol–water partition coefficient (Wildman–Crippen LogP) is 1.16. The van der Waals surface area contributed by atoms with Crippen molar-refractivity contribution in [3.8, 4) is 11.5 Å². The summed E-state index contributed by atoms with van der Waals surface area (Å²) in [6, 6.07) is 11.6. The van der Waals surface area contributed by atoms with E-state index >= 15 is 0 Å². The van der Waals surface area contributed by atoms with E-state index in [9.17, 15) is 19.2 Å². The summed E-state index contributed by atoms with van der Waals surface area (Å²) in [6.07, 6.45) is 0.0276. The maximum atomic E-state index is 12.5. The molecule has 0 radical (unpaired) electrons. The van der Waals surface area contributed by atoms with Crippen molar-refractivity contribution in [2.75, 3.05) is 31.7 Å². The van der Waals surface area contributed by atoms with E-state index in [0.29, 0.717) is 41.5 Å². The Morgan fingerprint density at radius 2 is 1.80 bits per heavy atom. The van der Waals surface area contributed by atoms with Crippen molar-refractivity contribution in [3.63, 3.8) is 0 Å². The van der Waals surface area contributed by atoms with Gasteiger partial charge in [-0.25, -0.2) is 0 Å². The van der Waals surface area contributed by atoms with Crippen LogP contribution in [0.15, 0.2) is 42.5 Å². The third-order valence-corrected chi connectivity index (χ3v) is 4.61. The highest BCUT2D eigenvalue weighted by Gasteiger charge is 2.32. The Kier molecular flexibility index (Phi) is 5.34. The van der Waals surface area contributed by atoms with Crippen molar-refractivity contribution in [1.29, 1.82) is 0 Å². The first-order valence-electron chi connectivity index (χ1n) is 9.29. The van der Waals surface area contributed by atoms with Crippen LogP contribution in [0.4, 0.5) is 5.69 Å². The maximum absolute atomic E-state index is 12.5. The summed E-state index contributed by atoms with van der Waals surface area (Å²) in [7, 11) is 0. The summed E-state index contributed by atoms with van der Waals surface area (Å²) in [5.41, 5.74) is 1.45. The second kappa shape index (κ2) is 8.24. The van der Waals surface area contributed by atoms with Crippen LogP contribution >= 0.6 is 0 Å². The Labute approximate surface area is 171 Å². The number of fused-ring (bicyclic) bond motifs is 2. The van der Waals surface area contributed by atoms with E-state index in [0.717, 1.165) is 4.90 Å². The highest BCUT2D eigenvalue weighted by atomic mass is 16.6. The molecule has 2 heterocycles. The van der Waals surface area contributed by atoms with Crippen molar-refractivity contribution >= 4 is 29.4 Å². The van der Waals surface area contributed by atoms with Crippen molar-refractivity contribution in [1.82, 2.24) is 4.90 Å². The predicted molar refractivity (Wildman–Crippen MR) is 103 cm³/mol. The number of carbonyl (C=O) groups is 4. The Morgan fingerprint density at radius 3 is 2.63 bits per heavy atom. The first kappa shape index (κ1) is 19.4. The lowest BCUT2D eigenvalue weighted by Gasteiger charge is -2.25. The van der Waals surface area contributed by atoms with Gasteiger partial charge in [0.15, 0.2) is 18.1 Å². The normalized spacial score (nSPS) is 14.7. The molecule has 0 unspecified atom stereocenters. The summed E-state index contributed by atoms with van der Waals surface area (Å²) >= 11 is 0. The minimum atomic E-state index is -0.853. The van der Waals surface area contributed by atoms with Gasteiger partial charge < -0.3 is 19.5 Å². The molecule has 2 aromatic carbocycles. The molecule has 0 fully saturated rings. The van der Waals surface area contributed by atoms with Crippen LogP contribution in [0, 0.1) is 0 Å². The van der Waals surface area contributed by atoms with Crippen molar-refractivity contribution in [2.24, 2.45) is 0 Å². The highest BCUT2D eigenvalue weighted by Crippen LogP contribution is 2.32. The summed E-state index contributed by atoms with van der Waals surface area (Å²) in [5.74, 6) is -1.37. The second-order valence-electron chi connectivity index (χ2n) is 6.69. The Balaban J connectivity index is 1.30. The zero-order valence-electron chi connectivity index (χ0n) is 15.9. The van der Waals surface area contributed by atoms with Gasteiger partial charge in [-0.05, 0) is 23.8 Å². The highest BCUT2D eigenvalue weighted by molar-refractivity contribution is 6.11. The zero-order chi connectivity index (χ0) is 21.1. The largest absolute Gasteiger partial charge is 0.486 e. The van der Waals surface area contributed by atoms with E-state index in [1.54, 1.807) is 42.5 Å². The lowest BCUT2D eigenvalue weighted by atomic mass is 9.98. The number of anilines is 1. The first-order valence-corrected chi connectivity index (χ1v) is 9.29. The number of imide groups is 1. The van der Waals surface area contributed by atoms with Crippen molar-refractivity contribution in [3.05, 3.63) is 53.6 Å². The fourth-order valence-electron chi connectivity index (χ4n) is 3.20. The molecule has 9 nitrogen and oxygen atoms in total. The topological polar surface area (TPSA) is 111 Å². The number of carbonyl (C=O) groups excluding carboxylic acids is 4. The fourth-order valence-corrected chi connectivity index (χ4v) is 3.20. The van der Waals surface area contributed by atoms with Gasteiger partial charge in [-0.15, -0.1) is 0 Å². The molecule has 0 atom stereocenters. The summed E-state index contributed by atoms with van der Waals surface area (Å²) in [4.78, 5) is 49.6. The molecule has 154 valence electrons. The zero-order valence-corrected chi connectivity index (χ0v) is 15.9. The molecule has 0 spiro atoms. The SMILES string of the molecule is O=C(COC(=O)CN1C(=O)Cc2ccccc2C1=O)Nc1ccc2c(c1)OCCO2. The van der Waals surface area contributed by atoms with E-state index in [1.807, 2.05) is 0 Å². The van der Waals surface area contributed by atoms with Crippen molar-refractivity contribution < 1.29 is 33.4 Å². The maximum Gasteiger partial charge on any atom is 0.326 e. The van der Waals surface area contributed by atoms with Gasteiger partial charge in [0.25, 0.3) is 11.8 Å². The molecule has 0 saturated heterocycles. The minimum Gasteiger partial charge on any atom is -0.486 e. The van der Waals surface area contributed by atoms with Crippen LogP contribution < -0.4 is 14.8 Å². The molecule has 4 rings (SSSR count). The van der Waals surface area contributed by atoms with E-state index in [-0.39, 0.29) is 6.42 Å². The molecule has 2 aliphatic heterocycles. The molecule has 0 aromatic heterocycles. The summed E-state index contributed by atoms with van der Waals surface area (Å²) < 4.78 is 15.8. The van der Waals surface area contributed by atoms with Crippen LogP contribution in [0.25, 0.3) is 0 Å². The number of hydrogen-bond donors (Lipinski definition) is 1. The second-order valence-corrected chi connectivity index (χ2v) is 6.69. The van der Waals surface area contributed by atoms with Gasteiger partial charge in [0.05, 0.1) is 6.42 Å². The van der Waals surface area contributed by atoms with Gasteiger partial charge >= 0.3 is 5.97 Å². The average Bonchev–Trinajstić information content (AvgIpc) is 2.75. The standard InChI is InChI=1S/C21H18N2O7/c24-18(22-14-5-6-16-17(10-14)29-8-7-28-16)12-30-20(26)11-23-19(25)9-13-3-1-2-4-15(13)21(23)27/h1-6,10H,7-9,11-12H2,(H,22,24). The third-order valence-electron chi connectivity index (χ3n) is 4.61. The fraction of sp³-hybridized carbons (Fsp3) is 0.238. The monoisotopic (exact) mass is 410 g/mol. The third kappa shape index (κ3) is 4.09. The van der Waals surface area contributed by atoms with Gasteiger partial charge in [0, 0.05) is 17.3 Å². The molecule has 30 heavy (non-hydrogen) atoms. The van der Waals surface area contributed by atoms with Crippen LogP contribution in [0.2, 0.25) is 0 Å². The Bertz CT molecular complexity index is 1030. The summed E-state index contributed by atoms with van der Waals surface area (Å²) in [5, 5.41) is 2.58. The lowest BCUT2D eigenvalue weighted by molar-refractivity contribution is -0.150. The molecular formula is C21H18N2O7. The van der Waals surface area contributed by atoms with Gasteiger partial charge in [-0.2, -0.15) is 0 Å². The molecular weight excluding hydrogens is 392 g/mol. The Morgan fingerprint density at radius 1 is 1.03 bits per heavy atom. The minimum absolute atomic E-state index is 0.0276. The van der Waals surface area contributed by atoms with Gasteiger partial charge in [-0.1, -0.05) is 18.2 Å².